The number of pyridine rings is 1. The predicted octanol–water partition coefficient (Wildman–Crippen LogP) is 2.29. The number of hydrogen-bond donors (Lipinski definition) is 1. The highest BCUT2D eigenvalue weighted by atomic mass is 19.1. The number of rotatable bonds is 3. The molecule has 0 saturated heterocycles. The van der Waals surface area contributed by atoms with Crippen molar-refractivity contribution < 1.29 is 14.2 Å². The molecule has 4 heteroatoms. The molecule has 18 heavy (non-hydrogen) atoms. The third-order valence-corrected chi connectivity index (χ3v) is 2.26. The Hall–Kier alpha value is -2.49. The van der Waals surface area contributed by atoms with Gasteiger partial charge in [0.2, 0.25) is 0 Å². The van der Waals surface area contributed by atoms with Crippen LogP contribution < -0.4 is 10.3 Å². The fourth-order valence-corrected chi connectivity index (χ4v) is 1.39. The summed E-state index contributed by atoms with van der Waals surface area (Å²) in [6.07, 6.45) is 4.74. The van der Waals surface area contributed by atoms with E-state index in [1.165, 1.54) is 18.2 Å². The first kappa shape index (κ1) is 12.0. The smallest absolute Gasteiger partial charge is 0.247 e. The molecule has 1 aromatic heterocycles. The number of nitrogens with one attached hydrogen (secondary N) is 2. The summed E-state index contributed by atoms with van der Waals surface area (Å²) < 4.78 is 12.7. The number of benzene rings is 1. The zero-order valence-corrected chi connectivity index (χ0v) is 9.56. The van der Waals surface area contributed by atoms with E-state index < -0.39 is 0 Å². The van der Waals surface area contributed by atoms with Gasteiger partial charge in [-0.2, -0.15) is 0 Å². The highest BCUT2D eigenvalue weighted by molar-refractivity contribution is 6.00. The van der Waals surface area contributed by atoms with Crippen molar-refractivity contribution in [2.24, 2.45) is 0 Å². The molecule has 1 aromatic carbocycles. The molecule has 0 aliphatic rings. The van der Waals surface area contributed by atoms with Gasteiger partial charge in [-0.15, -0.1) is 0 Å². The van der Waals surface area contributed by atoms with Crippen molar-refractivity contribution in [3.63, 3.8) is 0 Å². The van der Waals surface area contributed by atoms with Crippen LogP contribution in [0.4, 0.5) is 10.2 Å². The Labute approximate surface area is 104 Å². The van der Waals surface area contributed by atoms with Crippen LogP contribution in [0.1, 0.15) is 5.56 Å². The second kappa shape index (κ2) is 5.72. The van der Waals surface area contributed by atoms with E-state index in [0.29, 0.717) is 5.82 Å². The van der Waals surface area contributed by atoms with Crippen molar-refractivity contribution in [2.45, 2.75) is 0 Å². The summed E-state index contributed by atoms with van der Waals surface area (Å²) >= 11 is 0. The minimum atomic E-state index is -0.296. The van der Waals surface area contributed by atoms with E-state index in [0.717, 1.165) is 5.56 Å². The van der Waals surface area contributed by atoms with Gasteiger partial charge in [0.1, 0.15) is 5.82 Å². The maximum Gasteiger partial charge on any atom is 0.331 e. The maximum atomic E-state index is 12.7. The van der Waals surface area contributed by atoms with Gasteiger partial charge >= 0.3 is 5.91 Å². The van der Waals surface area contributed by atoms with Crippen molar-refractivity contribution in [1.82, 2.24) is 0 Å². The molecule has 0 spiro atoms. The van der Waals surface area contributed by atoms with Crippen LogP contribution in [0.15, 0.2) is 54.7 Å². The number of aromatic nitrogens is 1. The minimum Gasteiger partial charge on any atom is -0.247 e. The lowest BCUT2D eigenvalue weighted by molar-refractivity contribution is -0.360. The zero-order chi connectivity index (χ0) is 12.8. The molecule has 1 amide bonds. The standard InChI is InChI=1S/C14H11FN2O/c15-12-7-4-11(5-8-12)6-9-14(18)17-13-3-1-2-10-16-13/h1-10H,(H,16,17,18)/p+1. The van der Waals surface area contributed by atoms with Gasteiger partial charge in [-0.25, -0.2) is 19.5 Å². The van der Waals surface area contributed by atoms with Gasteiger partial charge in [0.25, 0.3) is 5.82 Å². The lowest BCUT2D eigenvalue weighted by Gasteiger charge is -1.93. The molecule has 0 saturated carbocycles. The van der Waals surface area contributed by atoms with Crippen molar-refractivity contribution in [3.05, 3.63) is 66.1 Å². The molecule has 0 aliphatic carbocycles. The van der Waals surface area contributed by atoms with Gasteiger partial charge < -0.3 is 0 Å². The van der Waals surface area contributed by atoms with Crippen LogP contribution >= 0.6 is 0 Å². The summed E-state index contributed by atoms with van der Waals surface area (Å²) in [5.74, 6) is 0.0727. The monoisotopic (exact) mass is 243 g/mol. The fourth-order valence-electron chi connectivity index (χ4n) is 1.39. The number of aromatic amines is 1. The van der Waals surface area contributed by atoms with Crippen molar-refractivity contribution >= 4 is 17.8 Å². The summed E-state index contributed by atoms with van der Waals surface area (Å²) in [6.45, 7) is 0. The number of carbonyl (C=O) groups excluding carboxylic acids is 1. The van der Waals surface area contributed by atoms with Crippen LogP contribution in [0.5, 0.6) is 0 Å². The lowest BCUT2D eigenvalue weighted by Crippen LogP contribution is -2.16. The molecule has 0 unspecified atom stereocenters. The average molecular weight is 243 g/mol. The molecular weight excluding hydrogens is 231 g/mol. The van der Waals surface area contributed by atoms with Crippen LogP contribution in [-0.2, 0) is 4.79 Å². The first-order valence-electron chi connectivity index (χ1n) is 5.45. The molecular formula is C14H12FN2O+. The second-order valence-corrected chi connectivity index (χ2v) is 3.65. The SMILES string of the molecule is O=C(C=Cc1ccc(F)cc1)Nc1cccc[nH+]1. The topological polar surface area (TPSA) is 43.2 Å². The zero-order valence-electron chi connectivity index (χ0n) is 9.56. The van der Waals surface area contributed by atoms with Gasteiger partial charge in [-0.05, 0) is 29.8 Å². The number of H-pyrrole nitrogens is 1. The van der Waals surface area contributed by atoms with Crippen LogP contribution in [0.3, 0.4) is 0 Å². The van der Waals surface area contributed by atoms with E-state index >= 15 is 0 Å². The molecule has 0 atom stereocenters. The quantitative estimate of drug-likeness (QED) is 0.826. The Morgan fingerprint density at radius 1 is 1.17 bits per heavy atom. The molecule has 2 N–H and O–H groups in total. The Morgan fingerprint density at radius 2 is 1.94 bits per heavy atom. The van der Waals surface area contributed by atoms with Crippen LogP contribution in [0, 0.1) is 5.82 Å². The summed E-state index contributed by atoms with van der Waals surface area (Å²) in [6, 6.07) is 11.3. The predicted molar refractivity (Wildman–Crippen MR) is 67.1 cm³/mol. The fraction of sp³-hybridized carbons (Fsp3) is 0. The molecule has 2 rings (SSSR count). The van der Waals surface area contributed by atoms with Crippen molar-refractivity contribution in [3.8, 4) is 0 Å². The average Bonchev–Trinajstić information content (AvgIpc) is 2.39. The summed E-state index contributed by atoms with van der Waals surface area (Å²) in [7, 11) is 0. The van der Waals surface area contributed by atoms with Gasteiger partial charge in [0.05, 0.1) is 6.20 Å². The highest BCUT2D eigenvalue weighted by Crippen LogP contribution is 2.04. The molecule has 3 nitrogen and oxygen atoms in total. The molecule has 2 aromatic rings. The van der Waals surface area contributed by atoms with E-state index in [1.807, 2.05) is 12.1 Å². The number of anilines is 1. The molecule has 0 bridgehead atoms. The number of hydrogen-bond acceptors (Lipinski definition) is 1. The first-order chi connectivity index (χ1) is 8.74. The summed E-state index contributed by atoms with van der Waals surface area (Å²) in [4.78, 5) is 14.5. The minimum absolute atomic E-state index is 0.248. The van der Waals surface area contributed by atoms with E-state index in [9.17, 15) is 9.18 Å². The van der Waals surface area contributed by atoms with E-state index in [-0.39, 0.29) is 11.7 Å². The molecule has 90 valence electrons. The second-order valence-electron chi connectivity index (χ2n) is 3.65. The number of halogens is 1. The third kappa shape index (κ3) is 3.52. The Kier molecular flexibility index (Phi) is 3.81. The first-order valence-corrected chi connectivity index (χ1v) is 5.45. The Bertz CT molecular complexity index is 550. The highest BCUT2D eigenvalue weighted by Gasteiger charge is 2.04. The van der Waals surface area contributed by atoms with Crippen LogP contribution in [-0.4, -0.2) is 5.91 Å². The lowest BCUT2D eigenvalue weighted by atomic mass is 10.2. The van der Waals surface area contributed by atoms with E-state index in [4.69, 9.17) is 0 Å². The molecule has 0 fully saturated rings. The molecule has 0 radical (unpaired) electrons. The molecule has 0 aliphatic heterocycles. The number of carbonyl (C=O) groups is 1. The van der Waals surface area contributed by atoms with Crippen molar-refractivity contribution in [2.75, 3.05) is 5.32 Å². The summed E-state index contributed by atoms with van der Waals surface area (Å²) in [5.41, 5.74) is 0.767. The van der Waals surface area contributed by atoms with E-state index in [1.54, 1.807) is 30.5 Å². The van der Waals surface area contributed by atoms with Crippen molar-refractivity contribution in [1.29, 1.82) is 0 Å². The van der Waals surface area contributed by atoms with Gasteiger partial charge in [-0.1, -0.05) is 18.2 Å². The maximum absolute atomic E-state index is 12.7. The van der Waals surface area contributed by atoms with Gasteiger partial charge in [0, 0.05) is 12.1 Å². The largest absolute Gasteiger partial charge is 0.331 e. The van der Waals surface area contributed by atoms with Gasteiger partial charge in [-0.3, -0.25) is 0 Å². The summed E-state index contributed by atoms with van der Waals surface area (Å²) in [5, 5.41) is 2.67. The van der Waals surface area contributed by atoms with E-state index in [2.05, 4.69) is 10.3 Å². The normalized spacial score (nSPS) is 10.5. The Balaban J connectivity index is 1.97. The third-order valence-electron chi connectivity index (χ3n) is 2.26. The van der Waals surface area contributed by atoms with Gasteiger partial charge in [0.15, 0.2) is 0 Å². The van der Waals surface area contributed by atoms with Crippen LogP contribution in [0.25, 0.3) is 6.08 Å². The Morgan fingerprint density at radius 3 is 2.61 bits per heavy atom. The van der Waals surface area contributed by atoms with Crippen LogP contribution in [0.2, 0.25) is 0 Å². The number of amides is 1. The molecule has 1 heterocycles.